The van der Waals surface area contributed by atoms with Gasteiger partial charge < -0.3 is 24.8 Å². The molecule has 0 bridgehead atoms. The van der Waals surface area contributed by atoms with Crippen LogP contribution < -0.4 is 30.3 Å². The zero-order valence-corrected chi connectivity index (χ0v) is 18.8. The maximum Gasteiger partial charge on any atom is 0.329 e. The Balaban J connectivity index is 1.97. The topological polar surface area (TPSA) is 170 Å². The van der Waals surface area contributed by atoms with Crippen LogP contribution in [-0.2, 0) is 14.4 Å². The minimum Gasteiger partial charge on any atom is -0.497 e. The highest BCUT2D eigenvalue weighted by Crippen LogP contribution is 2.29. The second kappa shape index (κ2) is 11.8. The first-order chi connectivity index (χ1) is 16.2. The van der Waals surface area contributed by atoms with Gasteiger partial charge in [-0.3, -0.25) is 24.5 Å². The molecule has 2 rings (SSSR count). The number of nitrogens with one attached hydrogen (secondary N) is 3. The molecule has 180 valence electrons. The molecule has 0 aliphatic rings. The van der Waals surface area contributed by atoms with Crippen molar-refractivity contribution in [3.63, 3.8) is 0 Å². The van der Waals surface area contributed by atoms with Gasteiger partial charge in [0, 0.05) is 11.8 Å². The number of hydrazone groups is 1. The van der Waals surface area contributed by atoms with Crippen molar-refractivity contribution in [2.24, 2.45) is 5.10 Å². The lowest BCUT2D eigenvalue weighted by molar-refractivity contribution is -0.384. The van der Waals surface area contributed by atoms with E-state index in [0.717, 1.165) is 0 Å². The lowest BCUT2D eigenvalue weighted by Gasteiger charge is -2.11. The van der Waals surface area contributed by atoms with Crippen LogP contribution >= 0.6 is 0 Å². The van der Waals surface area contributed by atoms with E-state index in [9.17, 15) is 24.5 Å². The normalized spacial score (nSPS) is 10.6. The molecule has 0 saturated heterocycles. The van der Waals surface area contributed by atoms with Crippen LogP contribution in [0.5, 0.6) is 17.2 Å². The van der Waals surface area contributed by atoms with E-state index in [1.54, 1.807) is 12.1 Å². The second-order valence-corrected chi connectivity index (χ2v) is 6.67. The largest absolute Gasteiger partial charge is 0.497 e. The predicted molar refractivity (Wildman–Crippen MR) is 122 cm³/mol. The van der Waals surface area contributed by atoms with Crippen LogP contribution in [0.25, 0.3) is 0 Å². The summed E-state index contributed by atoms with van der Waals surface area (Å²) in [6.45, 7) is 1.44. The third-order valence-electron chi connectivity index (χ3n) is 4.30. The Morgan fingerprint density at radius 1 is 0.912 bits per heavy atom. The molecular formula is C21H23N5O8. The lowest BCUT2D eigenvalue weighted by Crippen LogP contribution is -2.33. The standard InChI is InChI=1S/C21H23N5O8/c1-12(9-19(27)22-15-7-5-14(33-3)11-17(15)26(30)31)24-25-21(29)20(28)23-16-10-13(32-2)6-8-18(16)34-4/h5-8,10-11H,9H2,1-4H3,(H,22,27)(H,23,28)(H,25,29). The van der Waals surface area contributed by atoms with Gasteiger partial charge >= 0.3 is 11.8 Å². The van der Waals surface area contributed by atoms with Crippen LogP contribution in [0.3, 0.4) is 0 Å². The maximum atomic E-state index is 12.2. The smallest absolute Gasteiger partial charge is 0.329 e. The molecule has 0 saturated carbocycles. The molecule has 34 heavy (non-hydrogen) atoms. The Morgan fingerprint density at radius 3 is 2.18 bits per heavy atom. The molecule has 2 aromatic rings. The number of anilines is 2. The van der Waals surface area contributed by atoms with Gasteiger partial charge in [-0.1, -0.05) is 0 Å². The van der Waals surface area contributed by atoms with Gasteiger partial charge in [0.05, 0.1) is 44.4 Å². The summed E-state index contributed by atoms with van der Waals surface area (Å²) in [6.07, 6.45) is -0.297. The number of carbonyl (C=O) groups is 3. The summed E-state index contributed by atoms with van der Waals surface area (Å²) in [5, 5.41) is 19.7. The van der Waals surface area contributed by atoms with E-state index < -0.39 is 22.6 Å². The molecule has 0 heterocycles. The molecule has 0 unspecified atom stereocenters. The molecule has 0 fully saturated rings. The first kappa shape index (κ1) is 25.6. The zero-order valence-electron chi connectivity index (χ0n) is 18.8. The fraction of sp³-hybridized carbons (Fsp3) is 0.238. The Hall–Kier alpha value is -4.68. The molecule has 0 aliphatic heterocycles. The van der Waals surface area contributed by atoms with Gasteiger partial charge in [0.1, 0.15) is 22.9 Å². The van der Waals surface area contributed by atoms with Crippen LogP contribution in [-0.4, -0.2) is 49.7 Å². The molecule has 0 atom stereocenters. The number of nitro benzene ring substituents is 1. The van der Waals surface area contributed by atoms with E-state index in [4.69, 9.17) is 14.2 Å². The van der Waals surface area contributed by atoms with Crippen molar-refractivity contribution >= 4 is 40.5 Å². The summed E-state index contributed by atoms with van der Waals surface area (Å²) in [4.78, 5) is 47.0. The highest BCUT2D eigenvalue weighted by atomic mass is 16.6. The number of benzene rings is 2. The van der Waals surface area contributed by atoms with Gasteiger partial charge in [0.2, 0.25) is 5.91 Å². The number of methoxy groups -OCH3 is 3. The fourth-order valence-electron chi connectivity index (χ4n) is 2.65. The second-order valence-electron chi connectivity index (χ2n) is 6.67. The SMILES string of the molecule is COc1ccc(OC)c(NC(=O)C(=O)NN=C(C)CC(=O)Nc2ccc(OC)cc2[N+](=O)[O-])c1. The first-order valence-electron chi connectivity index (χ1n) is 9.67. The van der Waals surface area contributed by atoms with E-state index in [-0.39, 0.29) is 34.9 Å². The molecule has 13 nitrogen and oxygen atoms in total. The molecule has 0 aliphatic carbocycles. The van der Waals surface area contributed by atoms with Crippen LogP contribution in [0.2, 0.25) is 0 Å². The van der Waals surface area contributed by atoms with Crippen LogP contribution in [0.4, 0.5) is 17.1 Å². The molecule has 3 N–H and O–H groups in total. The Kier molecular flexibility index (Phi) is 8.88. The summed E-state index contributed by atoms with van der Waals surface area (Å²) in [5.41, 5.74) is 2.03. The number of hydrogen-bond acceptors (Lipinski definition) is 9. The average Bonchev–Trinajstić information content (AvgIpc) is 2.82. The molecule has 13 heteroatoms. The van der Waals surface area contributed by atoms with Gasteiger partial charge in [-0.25, -0.2) is 5.43 Å². The van der Waals surface area contributed by atoms with E-state index in [0.29, 0.717) is 11.5 Å². The molecular weight excluding hydrogens is 450 g/mol. The number of hydrogen-bond donors (Lipinski definition) is 3. The van der Waals surface area contributed by atoms with Crippen LogP contribution in [0.1, 0.15) is 13.3 Å². The minimum atomic E-state index is -1.09. The van der Waals surface area contributed by atoms with Crippen molar-refractivity contribution in [3.05, 3.63) is 46.5 Å². The maximum absolute atomic E-state index is 12.2. The minimum absolute atomic E-state index is 0.0285. The third-order valence-corrected chi connectivity index (χ3v) is 4.30. The summed E-state index contributed by atoms with van der Waals surface area (Å²) in [6, 6.07) is 8.61. The van der Waals surface area contributed by atoms with Gasteiger partial charge in [0.15, 0.2) is 0 Å². The number of rotatable bonds is 9. The monoisotopic (exact) mass is 473 g/mol. The highest BCUT2D eigenvalue weighted by molar-refractivity contribution is 6.39. The van der Waals surface area contributed by atoms with Crippen molar-refractivity contribution in [1.82, 2.24) is 5.43 Å². The number of carbonyl (C=O) groups excluding carboxylic acids is 3. The zero-order chi connectivity index (χ0) is 25.3. The van der Waals surface area contributed by atoms with Crippen LogP contribution in [0, 0.1) is 10.1 Å². The molecule has 0 spiro atoms. The molecule has 0 aromatic heterocycles. The summed E-state index contributed by atoms with van der Waals surface area (Å²) < 4.78 is 15.1. The first-order valence-corrected chi connectivity index (χ1v) is 9.67. The highest BCUT2D eigenvalue weighted by Gasteiger charge is 2.19. The molecule has 3 amide bonds. The quantitative estimate of drug-likeness (QED) is 0.215. The summed E-state index contributed by atoms with van der Waals surface area (Å²) in [7, 11) is 4.20. The van der Waals surface area contributed by atoms with Gasteiger partial charge in [-0.15, -0.1) is 0 Å². The van der Waals surface area contributed by atoms with Crippen LogP contribution in [0.15, 0.2) is 41.5 Å². The molecule has 2 aromatic carbocycles. The van der Waals surface area contributed by atoms with Crippen molar-refractivity contribution in [2.75, 3.05) is 32.0 Å². The van der Waals surface area contributed by atoms with Crippen molar-refractivity contribution in [1.29, 1.82) is 0 Å². The van der Waals surface area contributed by atoms with Crippen molar-refractivity contribution < 1.29 is 33.5 Å². The Bertz CT molecular complexity index is 1130. The lowest BCUT2D eigenvalue weighted by atomic mass is 10.2. The van der Waals surface area contributed by atoms with E-state index in [1.165, 1.54) is 52.5 Å². The van der Waals surface area contributed by atoms with Gasteiger partial charge in [0.25, 0.3) is 5.69 Å². The third kappa shape index (κ3) is 6.91. The number of amides is 3. The van der Waals surface area contributed by atoms with E-state index >= 15 is 0 Å². The summed E-state index contributed by atoms with van der Waals surface area (Å²) in [5.74, 6) is -1.72. The number of ether oxygens (including phenoxy) is 3. The van der Waals surface area contributed by atoms with E-state index in [2.05, 4.69) is 15.7 Å². The van der Waals surface area contributed by atoms with Gasteiger partial charge in [-0.05, 0) is 31.2 Å². The number of nitrogens with zero attached hydrogens (tertiary/aromatic N) is 2. The van der Waals surface area contributed by atoms with Gasteiger partial charge in [-0.2, -0.15) is 5.10 Å². The fourth-order valence-corrected chi connectivity index (χ4v) is 2.65. The van der Waals surface area contributed by atoms with Crippen molar-refractivity contribution in [2.45, 2.75) is 13.3 Å². The summed E-state index contributed by atoms with van der Waals surface area (Å²) >= 11 is 0. The number of nitro groups is 1. The molecule has 0 radical (unpaired) electrons. The predicted octanol–water partition coefficient (Wildman–Crippen LogP) is 2.08. The Morgan fingerprint density at radius 2 is 1.56 bits per heavy atom. The van der Waals surface area contributed by atoms with E-state index in [1.807, 2.05) is 5.43 Å². The Labute approximate surface area is 194 Å². The average molecular weight is 473 g/mol. The van der Waals surface area contributed by atoms with Crippen molar-refractivity contribution in [3.8, 4) is 17.2 Å².